The van der Waals surface area contributed by atoms with E-state index in [9.17, 15) is 30.8 Å². The number of sulfonamides is 1. The minimum Gasteiger partial charge on any atom is -0.495 e. The summed E-state index contributed by atoms with van der Waals surface area (Å²) in [5.74, 6) is -2.33. The van der Waals surface area contributed by atoms with Crippen molar-refractivity contribution in [3.05, 3.63) is 52.8 Å². The third-order valence-corrected chi connectivity index (χ3v) is 7.27. The lowest BCUT2D eigenvalue weighted by Crippen LogP contribution is -2.43. The Bertz CT molecular complexity index is 1130. The Hall–Kier alpha value is -2.37. The molecule has 32 heavy (non-hydrogen) atoms. The predicted molar refractivity (Wildman–Crippen MR) is 110 cm³/mol. The molecule has 2 aromatic rings. The summed E-state index contributed by atoms with van der Waals surface area (Å²) >= 11 is 5.92. The lowest BCUT2D eigenvalue weighted by atomic mass is 9.98. The van der Waals surface area contributed by atoms with Gasteiger partial charge in [-0.15, -0.1) is 0 Å². The SMILES string of the molecule is COc1ccc(F)cc1S(=O)(=O)N1CCC[C@@H](C(=O)Nc2cc(C(F)(F)F)ccc2Cl)C1. The van der Waals surface area contributed by atoms with Gasteiger partial charge in [0.2, 0.25) is 15.9 Å². The summed E-state index contributed by atoms with van der Waals surface area (Å²) in [7, 11) is -2.94. The highest BCUT2D eigenvalue weighted by atomic mass is 35.5. The van der Waals surface area contributed by atoms with Crippen LogP contribution in [0.5, 0.6) is 5.75 Å². The summed E-state index contributed by atoms with van der Waals surface area (Å²) < 4.78 is 84.7. The molecule has 0 aromatic heterocycles. The van der Waals surface area contributed by atoms with Gasteiger partial charge >= 0.3 is 6.18 Å². The molecular formula is C20H19ClF4N2O4S. The first kappa shape index (κ1) is 24.3. The highest BCUT2D eigenvalue weighted by Crippen LogP contribution is 2.35. The van der Waals surface area contributed by atoms with E-state index in [4.69, 9.17) is 16.3 Å². The topological polar surface area (TPSA) is 75.7 Å². The highest BCUT2D eigenvalue weighted by molar-refractivity contribution is 7.89. The Balaban J connectivity index is 1.81. The van der Waals surface area contributed by atoms with Gasteiger partial charge in [-0.1, -0.05) is 11.6 Å². The molecule has 3 rings (SSSR count). The van der Waals surface area contributed by atoms with E-state index in [1.807, 2.05) is 0 Å². The number of ether oxygens (including phenoxy) is 1. The number of amides is 1. The van der Waals surface area contributed by atoms with Crippen LogP contribution in [-0.2, 0) is 21.0 Å². The molecule has 2 aromatic carbocycles. The second kappa shape index (κ2) is 9.24. The Morgan fingerprint density at radius 3 is 2.59 bits per heavy atom. The molecule has 0 aliphatic carbocycles. The molecule has 174 valence electrons. The second-order valence-corrected chi connectivity index (χ2v) is 9.49. The number of rotatable bonds is 5. The molecule has 0 spiro atoms. The van der Waals surface area contributed by atoms with Crippen LogP contribution < -0.4 is 10.1 Å². The van der Waals surface area contributed by atoms with Crippen LogP contribution in [0.2, 0.25) is 5.02 Å². The maximum atomic E-state index is 13.7. The van der Waals surface area contributed by atoms with E-state index in [1.54, 1.807) is 0 Å². The Morgan fingerprint density at radius 1 is 1.22 bits per heavy atom. The van der Waals surface area contributed by atoms with E-state index < -0.39 is 39.4 Å². The fraction of sp³-hybridized carbons (Fsp3) is 0.350. The summed E-state index contributed by atoms with van der Waals surface area (Å²) in [6.45, 7) is -0.138. The van der Waals surface area contributed by atoms with Crippen molar-refractivity contribution in [1.82, 2.24) is 4.31 Å². The van der Waals surface area contributed by atoms with E-state index in [1.165, 1.54) is 13.2 Å². The number of halogens is 5. The third kappa shape index (κ3) is 5.16. The summed E-state index contributed by atoms with van der Waals surface area (Å²) in [5, 5.41) is 2.27. The van der Waals surface area contributed by atoms with Gasteiger partial charge in [-0.2, -0.15) is 17.5 Å². The van der Waals surface area contributed by atoms with Gasteiger partial charge in [0.1, 0.15) is 16.5 Å². The predicted octanol–water partition coefficient (Wildman–Crippen LogP) is 4.55. The first-order valence-corrected chi connectivity index (χ1v) is 11.3. The fourth-order valence-corrected chi connectivity index (χ4v) is 5.25. The van der Waals surface area contributed by atoms with Crippen molar-refractivity contribution in [3.8, 4) is 5.75 Å². The zero-order chi connectivity index (χ0) is 23.7. The number of piperidine rings is 1. The summed E-state index contributed by atoms with van der Waals surface area (Å²) in [5.41, 5.74) is -1.21. The molecule has 1 heterocycles. The first-order valence-electron chi connectivity index (χ1n) is 9.45. The van der Waals surface area contributed by atoms with Crippen LogP contribution in [-0.4, -0.2) is 38.8 Å². The molecule has 1 fully saturated rings. The number of hydrogen-bond acceptors (Lipinski definition) is 4. The van der Waals surface area contributed by atoms with Crippen LogP contribution in [0, 0.1) is 11.7 Å². The number of carbonyl (C=O) groups is 1. The van der Waals surface area contributed by atoms with Crippen molar-refractivity contribution in [2.24, 2.45) is 5.92 Å². The number of nitrogens with one attached hydrogen (secondary N) is 1. The molecular weight excluding hydrogens is 476 g/mol. The van der Waals surface area contributed by atoms with Crippen molar-refractivity contribution in [2.45, 2.75) is 23.9 Å². The molecule has 1 N–H and O–H groups in total. The first-order chi connectivity index (χ1) is 14.9. The highest BCUT2D eigenvalue weighted by Gasteiger charge is 2.36. The van der Waals surface area contributed by atoms with E-state index in [-0.39, 0.29) is 34.4 Å². The van der Waals surface area contributed by atoms with Crippen molar-refractivity contribution in [2.75, 3.05) is 25.5 Å². The van der Waals surface area contributed by atoms with Gasteiger partial charge < -0.3 is 10.1 Å². The molecule has 0 unspecified atom stereocenters. The lowest BCUT2D eigenvalue weighted by Gasteiger charge is -2.31. The van der Waals surface area contributed by atoms with Crippen molar-refractivity contribution in [1.29, 1.82) is 0 Å². The molecule has 1 atom stereocenters. The van der Waals surface area contributed by atoms with Gasteiger partial charge in [-0.3, -0.25) is 4.79 Å². The Kier molecular flexibility index (Phi) is 7.01. The van der Waals surface area contributed by atoms with Crippen LogP contribution in [0.1, 0.15) is 18.4 Å². The van der Waals surface area contributed by atoms with Crippen molar-refractivity contribution in [3.63, 3.8) is 0 Å². The average Bonchev–Trinajstić information content (AvgIpc) is 2.74. The van der Waals surface area contributed by atoms with E-state index in [0.717, 1.165) is 34.6 Å². The molecule has 1 aliphatic rings. The standard InChI is InChI=1S/C20H19ClF4N2O4S/c1-31-17-7-5-14(22)10-18(17)32(29,30)27-8-2-3-12(11-27)19(28)26-16-9-13(20(23,24)25)4-6-15(16)21/h4-7,9-10,12H,2-3,8,11H2,1H3,(H,26,28)/t12-/m1/s1. The van der Waals surface area contributed by atoms with Crippen molar-refractivity contribution < 1.29 is 35.5 Å². The van der Waals surface area contributed by atoms with Crippen LogP contribution in [0.25, 0.3) is 0 Å². The number of anilines is 1. The molecule has 0 radical (unpaired) electrons. The number of nitrogens with zero attached hydrogens (tertiary/aromatic N) is 1. The maximum Gasteiger partial charge on any atom is 0.416 e. The van der Waals surface area contributed by atoms with Crippen LogP contribution in [0.3, 0.4) is 0 Å². The van der Waals surface area contributed by atoms with Gasteiger partial charge in [-0.05, 0) is 49.2 Å². The average molecular weight is 495 g/mol. The summed E-state index contributed by atoms with van der Waals surface area (Å²) in [4.78, 5) is 12.3. The van der Waals surface area contributed by atoms with Crippen LogP contribution in [0.4, 0.5) is 23.2 Å². The maximum absolute atomic E-state index is 13.7. The Labute approximate surface area is 187 Å². The van der Waals surface area contributed by atoms with Gasteiger partial charge in [0.25, 0.3) is 0 Å². The molecule has 1 aliphatic heterocycles. The van der Waals surface area contributed by atoms with Gasteiger partial charge in [0, 0.05) is 13.1 Å². The van der Waals surface area contributed by atoms with Crippen molar-refractivity contribution >= 4 is 33.2 Å². The molecule has 1 amide bonds. The van der Waals surface area contributed by atoms with Crippen LogP contribution >= 0.6 is 11.6 Å². The number of benzene rings is 2. The van der Waals surface area contributed by atoms with Gasteiger partial charge in [0.05, 0.1) is 29.3 Å². The quantitative estimate of drug-likeness (QED) is 0.619. The number of carbonyl (C=O) groups excluding carboxylic acids is 1. The zero-order valence-electron chi connectivity index (χ0n) is 16.7. The van der Waals surface area contributed by atoms with Gasteiger partial charge in [-0.25, -0.2) is 12.8 Å². The molecule has 0 bridgehead atoms. The molecule has 0 saturated carbocycles. The number of hydrogen-bond donors (Lipinski definition) is 1. The largest absolute Gasteiger partial charge is 0.495 e. The number of alkyl halides is 3. The zero-order valence-corrected chi connectivity index (χ0v) is 18.3. The minimum absolute atomic E-state index is 0.0475. The normalized spacial score (nSPS) is 17.8. The second-order valence-electron chi connectivity index (χ2n) is 7.18. The minimum atomic E-state index is -4.62. The number of methoxy groups -OCH3 is 1. The fourth-order valence-electron chi connectivity index (χ4n) is 3.40. The smallest absolute Gasteiger partial charge is 0.416 e. The van der Waals surface area contributed by atoms with Crippen LogP contribution in [0.15, 0.2) is 41.3 Å². The van der Waals surface area contributed by atoms with E-state index >= 15 is 0 Å². The van der Waals surface area contributed by atoms with Gasteiger partial charge in [0.15, 0.2) is 0 Å². The summed E-state index contributed by atoms with van der Waals surface area (Å²) in [6.07, 6.45) is -3.98. The molecule has 12 heteroatoms. The Morgan fingerprint density at radius 2 is 1.94 bits per heavy atom. The van der Waals surface area contributed by atoms with E-state index in [2.05, 4.69) is 5.32 Å². The third-order valence-electron chi connectivity index (χ3n) is 5.05. The van der Waals surface area contributed by atoms with E-state index in [0.29, 0.717) is 12.8 Å². The summed E-state index contributed by atoms with van der Waals surface area (Å²) in [6, 6.07) is 5.61. The lowest BCUT2D eigenvalue weighted by molar-refractivity contribution is -0.137. The molecule has 1 saturated heterocycles. The monoisotopic (exact) mass is 494 g/mol. The molecule has 6 nitrogen and oxygen atoms in total.